The van der Waals surface area contributed by atoms with Gasteiger partial charge >= 0.3 is 5.97 Å². The van der Waals surface area contributed by atoms with Crippen LogP contribution in [0.15, 0.2) is 42.5 Å². The lowest BCUT2D eigenvalue weighted by molar-refractivity contribution is 0.0697. The van der Waals surface area contributed by atoms with Crippen LogP contribution in [0.2, 0.25) is 0 Å². The van der Waals surface area contributed by atoms with Crippen molar-refractivity contribution < 1.29 is 9.90 Å². The highest BCUT2D eigenvalue weighted by Gasteiger charge is 2.30. The molecule has 0 unspecified atom stereocenters. The van der Waals surface area contributed by atoms with Gasteiger partial charge in [0.25, 0.3) is 0 Å². The van der Waals surface area contributed by atoms with Crippen LogP contribution in [0.4, 0.5) is 5.69 Å². The number of aromatic carboxylic acids is 1. The van der Waals surface area contributed by atoms with E-state index in [0.29, 0.717) is 11.5 Å². The molecular formula is C31H40N4O2. The van der Waals surface area contributed by atoms with Crippen molar-refractivity contribution in [1.82, 2.24) is 14.4 Å². The fraction of sp³-hybridized carbons (Fsp3) is 0.516. The van der Waals surface area contributed by atoms with Gasteiger partial charge in [0.15, 0.2) is 0 Å². The number of carbonyl (C=O) groups is 1. The number of nitrogens with zero attached hydrogens (tertiary/aromatic N) is 4. The number of likely N-dealkylation sites (N-methyl/N-ethyl adjacent to an activating group) is 1. The first-order valence-corrected chi connectivity index (χ1v) is 14.2. The molecule has 3 heterocycles. The van der Waals surface area contributed by atoms with Gasteiger partial charge in [0.2, 0.25) is 0 Å². The van der Waals surface area contributed by atoms with Crippen LogP contribution in [0.1, 0.15) is 60.4 Å². The molecular weight excluding hydrogens is 460 g/mol. The molecule has 0 bridgehead atoms. The van der Waals surface area contributed by atoms with Crippen molar-refractivity contribution in [3.05, 3.63) is 53.6 Å². The number of carboxylic acid groups (broad SMARTS) is 1. The third-order valence-electron chi connectivity index (χ3n) is 8.96. The minimum atomic E-state index is -0.851. The highest BCUT2D eigenvalue weighted by atomic mass is 16.4. The van der Waals surface area contributed by atoms with Gasteiger partial charge in [-0.1, -0.05) is 43.5 Å². The van der Waals surface area contributed by atoms with E-state index in [0.717, 1.165) is 44.8 Å². The third-order valence-corrected chi connectivity index (χ3v) is 8.96. The van der Waals surface area contributed by atoms with E-state index in [9.17, 15) is 9.90 Å². The van der Waals surface area contributed by atoms with Gasteiger partial charge in [-0.2, -0.15) is 0 Å². The Labute approximate surface area is 220 Å². The zero-order valence-electron chi connectivity index (χ0n) is 22.2. The van der Waals surface area contributed by atoms with E-state index in [1.807, 2.05) is 6.07 Å². The van der Waals surface area contributed by atoms with Crippen LogP contribution in [-0.4, -0.2) is 78.3 Å². The van der Waals surface area contributed by atoms with E-state index in [2.05, 4.69) is 56.6 Å². The van der Waals surface area contributed by atoms with Crippen LogP contribution in [0.3, 0.4) is 0 Å². The minimum absolute atomic E-state index is 0.378. The average Bonchev–Trinajstić information content (AvgIpc) is 3.00. The summed E-state index contributed by atoms with van der Waals surface area (Å²) in [6, 6.07) is 14.7. The summed E-state index contributed by atoms with van der Waals surface area (Å²) in [7, 11) is 2.23. The van der Waals surface area contributed by atoms with Crippen LogP contribution in [0.5, 0.6) is 0 Å². The SMILES string of the molecule is CN1CCCN(CCN2CCn3c(c(C4CCCCC4)c4ccc(C(=O)O)cc43)-c3ccccc32)CC1. The lowest BCUT2D eigenvalue weighted by atomic mass is 9.81. The van der Waals surface area contributed by atoms with Gasteiger partial charge in [0.1, 0.15) is 0 Å². The first-order chi connectivity index (χ1) is 18.1. The predicted molar refractivity (Wildman–Crippen MR) is 151 cm³/mol. The molecule has 1 aromatic heterocycles. The van der Waals surface area contributed by atoms with E-state index in [1.54, 1.807) is 6.07 Å². The molecule has 6 rings (SSSR count). The number of hydrogen-bond donors (Lipinski definition) is 1. The molecule has 0 amide bonds. The number of benzene rings is 2. The fourth-order valence-corrected chi connectivity index (χ4v) is 6.95. The normalized spacial score (nSPS) is 19.9. The molecule has 37 heavy (non-hydrogen) atoms. The van der Waals surface area contributed by atoms with Crippen LogP contribution in [-0.2, 0) is 6.54 Å². The fourth-order valence-electron chi connectivity index (χ4n) is 6.95. The minimum Gasteiger partial charge on any atom is -0.478 e. The van der Waals surface area contributed by atoms with Gasteiger partial charge in [-0.3, -0.25) is 0 Å². The Hall–Kier alpha value is -2.83. The smallest absolute Gasteiger partial charge is 0.335 e. The van der Waals surface area contributed by atoms with Crippen LogP contribution < -0.4 is 4.90 Å². The molecule has 2 fully saturated rings. The topological polar surface area (TPSA) is 52.0 Å². The van der Waals surface area contributed by atoms with Gasteiger partial charge in [0.05, 0.1) is 11.3 Å². The summed E-state index contributed by atoms with van der Waals surface area (Å²) in [5.41, 5.74) is 6.89. The van der Waals surface area contributed by atoms with Crippen molar-refractivity contribution in [3.8, 4) is 11.3 Å². The zero-order valence-corrected chi connectivity index (χ0v) is 22.2. The monoisotopic (exact) mass is 500 g/mol. The molecule has 0 spiro atoms. The highest BCUT2D eigenvalue weighted by molar-refractivity contribution is 5.99. The number of anilines is 1. The van der Waals surface area contributed by atoms with E-state index in [1.165, 1.54) is 79.5 Å². The maximum Gasteiger partial charge on any atom is 0.335 e. The van der Waals surface area contributed by atoms with Crippen LogP contribution >= 0.6 is 0 Å². The molecule has 1 N–H and O–H groups in total. The molecule has 6 nitrogen and oxygen atoms in total. The van der Waals surface area contributed by atoms with Gasteiger partial charge in [-0.15, -0.1) is 0 Å². The summed E-state index contributed by atoms with van der Waals surface area (Å²) < 4.78 is 2.45. The Morgan fingerprint density at radius 1 is 0.892 bits per heavy atom. The Kier molecular flexibility index (Phi) is 6.96. The van der Waals surface area contributed by atoms with Gasteiger partial charge in [-0.25, -0.2) is 4.79 Å². The molecule has 6 heteroatoms. The lowest BCUT2D eigenvalue weighted by Crippen LogP contribution is -2.38. The summed E-state index contributed by atoms with van der Waals surface area (Å²) in [5.74, 6) is -0.313. The molecule has 0 radical (unpaired) electrons. The molecule has 196 valence electrons. The van der Waals surface area contributed by atoms with Crippen molar-refractivity contribution in [2.45, 2.75) is 51.0 Å². The summed E-state index contributed by atoms with van der Waals surface area (Å²) in [6.45, 7) is 8.55. The van der Waals surface area contributed by atoms with Crippen molar-refractivity contribution >= 4 is 22.6 Å². The van der Waals surface area contributed by atoms with Gasteiger partial charge in [0, 0.05) is 61.4 Å². The summed E-state index contributed by atoms with van der Waals surface area (Å²) >= 11 is 0. The Morgan fingerprint density at radius 2 is 1.73 bits per heavy atom. The van der Waals surface area contributed by atoms with Crippen molar-refractivity contribution in [1.29, 1.82) is 0 Å². The highest BCUT2D eigenvalue weighted by Crippen LogP contribution is 2.47. The van der Waals surface area contributed by atoms with Crippen molar-refractivity contribution in [3.63, 3.8) is 0 Å². The first kappa shape index (κ1) is 24.5. The molecule has 3 aliphatic rings. The van der Waals surface area contributed by atoms with E-state index in [4.69, 9.17) is 0 Å². The summed E-state index contributed by atoms with van der Waals surface area (Å²) in [4.78, 5) is 19.5. The molecule has 1 saturated heterocycles. The van der Waals surface area contributed by atoms with E-state index in [-0.39, 0.29) is 0 Å². The maximum atomic E-state index is 11.9. The number of carboxylic acids is 1. The van der Waals surface area contributed by atoms with Crippen molar-refractivity contribution in [2.75, 3.05) is 57.8 Å². The lowest BCUT2D eigenvalue weighted by Gasteiger charge is -2.29. The molecule has 2 aliphatic heterocycles. The van der Waals surface area contributed by atoms with E-state index < -0.39 is 5.97 Å². The second kappa shape index (κ2) is 10.5. The number of fused-ring (bicyclic) bond motifs is 5. The van der Waals surface area contributed by atoms with Gasteiger partial charge < -0.3 is 24.4 Å². The third kappa shape index (κ3) is 4.77. The summed E-state index contributed by atoms with van der Waals surface area (Å²) in [5, 5.41) is 11.0. The maximum absolute atomic E-state index is 11.9. The number of para-hydroxylation sites is 1. The molecule has 2 aromatic carbocycles. The largest absolute Gasteiger partial charge is 0.478 e. The number of hydrogen-bond acceptors (Lipinski definition) is 4. The number of rotatable bonds is 5. The van der Waals surface area contributed by atoms with Crippen molar-refractivity contribution in [2.24, 2.45) is 0 Å². The second-order valence-corrected chi connectivity index (χ2v) is 11.3. The average molecular weight is 501 g/mol. The van der Waals surface area contributed by atoms with Gasteiger partial charge in [-0.05, 0) is 69.1 Å². The molecule has 3 aromatic rings. The summed E-state index contributed by atoms with van der Waals surface area (Å²) in [6.07, 6.45) is 7.57. The van der Waals surface area contributed by atoms with Crippen LogP contribution in [0.25, 0.3) is 22.2 Å². The number of aromatic nitrogens is 1. The molecule has 1 aliphatic carbocycles. The Morgan fingerprint density at radius 3 is 2.57 bits per heavy atom. The quantitative estimate of drug-likeness (QED) is 0.501. The zero-order chi connectivity index (χ0) is 25.4. The Bertz CT molecular complexity index is 1280. The predicted octanol–water partition coefficient (Wildman–Crippen LogP) is 5.51. The Balaban J connectivity index is 1.41. The van der Waals surface area contributed by atoms with E-state index >= 15 is 0 Å². The molecule has 1 saturated carbocycles. The van der Waals surface area contributed by atoms with Crippen LogP contribution in [0, 0.1) is 0 Å². The molecule has 0 atom stereocenters. The second-order valence-electron chi connectivity index (χ2n) is 11.3. The standard InChI is InChI=1S/C31H40N4O2/c1-32-14-7-15-33(17-16-32)18-19-34-20-21-35-28-22-24(31(36)37)12-13-25(28)29(23-8-3-2-4-9-23)30(35)26-10-5-6-11-27(26)34/h5-6,10-13,22-23H,2-4,7-9,14-21H2,1H3,(H,36,37). The first-order valence-electron chi connectivity index (χ1n) is 14.2.